The summed E-state index contributed by atoms with van der Waals surface area (Å²) in [5.74, 6) is 2.44. The summed E-state index contributed by atoms with van der Waals surface area (Å²) in [7, 11) is 0. The molecule has 0 unspecified atom stereocenters. The van der Waals surface area contributed by atoms with Crippen molar-refractivity contribution >= 4 is 5.97 Å². The summed E-state index contributed by atoms with van der Waals surface area (Å²) in [4.78, 5) is 13.8. The average molecular weight is 641 g/mol. The summed E-state index contributed by atoms with van der Waals surface area (Å²) in [6.07, 6.45) is 35.4. The molecule has 1 heterocycles. The minimum absolute atomic E-state index is 0.338. The smallest absolute Gasteiger partial charge is 0.336 e. The lowest BCUT2D eigenvalue weighted by Crippen LogP contribution is -2.23. The van der Waals surface area contributed by atoms with Gasteiger partial charge in [-0.2, -0.15) is 0 Å². The Bertz CT molecular complexity index is 1260. The van der Waals surface area contributed by atoms with Crippen molar-refractivity contribution in [1.29, 1.82) is 0 Å². The quantitative estimate of drug-likeness (QED) is 0.309. The third kappa shape index (κ3) is 8.85. The number of para-hydroxylation sites is 1. The second-order valence-electron chi connectivity index (χ2n) is 15.9. The molecule has 3 fully saturated rings. The summed E-state index contributed by atoms with van der Waals surface area (Å²) >= 11 is 0. The first-order valence-corrected chi connectivity index (χ1v) is 20.4. The molecule has 1 aliphatic heterocycles. The standard InChI is InChI=1S/C44H64O3/c45-44(46)42-37-32-36-30-22-23-31-38(36)47-43(37)41(35-28-20-14-8-3-9-15-21-29-35)39(33-24-16-10-4-1-5-11-17-25-33)40(42)34-26-18-12-6-2-7-13-19-27-34/h22-23,30-31,33-35H,1-21,24-29,32H2,(H,45,46). The zero-order chi connectivity index (χ0) is 32.3. The van der Waals surface area contributed by atoms with Crippen LogP contribution in [0, 0.1) is 0 Å². The molecule has 0 radical (unpaired) electrons. The Kier molecular flexibility index (Phi) is 13.2. The van der Waals surface area contributed by atoms with Gasteiger partial charge in [-0.1, -0.05) is 153 Å². The molecule has 0 aromatic heterocycles. The molecule has 4 aliphatic rings. The molecule has 0 atom stereocenters. The molecule has 0 spiro atoms. The first kappa shape index (κ1) is 34.6. The molecule has 3 heteroatoms. The molecule has 0 amide bonds. The number of benzene rings is 2. The predicted octanol–water partition coefficient (Wildman–Crippen LogP) is 13.9. The van der Waals surface area contributed by atoms with Crippen LogP contribution in [0.4, 0.5) is 0 Å². The molecule has 3 saturated carbocycles. The third-order valence-corrected chi connectivity index (χ3v) is 12.5. The minimum Gasteiger partial charge on any atom is -0.478 e. The zero-order valence-electron chi connectivity index (χ0n) is 29.6. The lowest BCUT2D eigenvalue weighted by molar-refractivity contribution is 0.0692. The van der Waals surface area contributed by atoms with Crippen LogP contribution < -0.4 is 4.74 Å². The maximum atomic E-state index is 13.8. The van der Waals surface area contributed by atoms with Gasteiger partial charge in [0.05, 0.1) is 5.56 Å². The van der Waals surface area contributed by atoms with Crippen LogP contribution in [0.25, 0.3) is 0 Å². The highest BCUT2D eigenvalue weighted by Gasteiger charge is 2.38. The average Bonchev–Trinajstić information content (AvgIpc) is 3.09. The molecular weight excluding hydrogens is 576 g/mol. The SMILES string of the molecule is O=C(O)c1c2c(c(C3CCCCCCCCC3)c(C3CCCCCCCCC3)c1C1CCCCCCCCC1)Oc1ccccc1C2. The molecule has 2 aromatic carbocycles. The molecule has 6 rings (SSSR count). The Morgan fingerprint density at radius 3 is 1.34 bits per heavy atom. The van der Waals surface area contributed by atoms with Gasteiger partial charge in [0.1, 0.15) is 11.5 Å². The monoisotopic (exact) mass is 640 g/mol. The van der Waals surface area contributed by atoms with Crippen LogP contribution in [0.2, 0.25) is 0 Å². The van der Waals surface area contributed by atoms with Crippen LogP contribution in [0.3, 0.4) is 0 Å². The number of hydrogen-bond donors (Lipinski definition) is 1. The summed E-state index contributed by atoms with van der Waals surface area (Å²) in [6, 6.07) is 8.45. The fourth-order valence-corrected chi connectivity index (χ4v) is 9.98. The van der Waals surface area contributed by atoms with E-state index in [1.54, 1.807) is 0 Å². The van der Waals surface area contributed by atoms with Crippen LogP contribution in [0.15, 0.2) is 24.3 Å². The predicted molar refractivity (Wildman–Crippen MR) is 196 cm³/mol. The molecule has 3 nitrogen and oxygen atoms in total. The van der Waals surface area contributed by atoms with E-state index in [0.717, 1.165) is 35.5 Å². The second-order valence-corrected chi connectivity index (χ2v) is 15.9. The Hall–Kier alpha value is -2.29. The van der Waals surface area contributed by atoms with Crippen molar-refractivity contribution in [2.45, 2.75) is 198 Å². The van der Waals surface area contributed by atoms with E-state index in [2.05, 4.69) is 24.3 Å². The molecule has 3 aliphatic carbocycles. The van der Waals surface area contributed by atoms with Crippen molar-refractivity contribution in [1.82, 2.24) is 0 Å². The van der Waals surface area contributed by atoms with Crippen molar-refractivity contribution in [3.8, 4) is 11.5 Å². The summed E-state index contributed by atoms with van der Waals surface area (Å²) in [5, 5.41) is 11.3. The molecule has 0 saturated heterocycles. The van der Waals surface area contributed by atoms with Gasteiger partial charge in [0.15, 0.2) is 0 Å². The number of fused-ring (bicyclic) bond motifs is 2. The van der Waals surface area contributed by atoms with Crippen LogP contribution in [-0.2, 0) is 6.42 Å². The summed E-state index contributed by atoms with van der Waals surface area (Å²) in [6.45, 7) is 0. The topological polar surface area (TPSA) is 46.5 Å². The number of carboxylic acid groups (broad SMARTS) is 1. The van der Waals surface area contributed by atoms with Crippen molar-refractivity contribution in [3.63, 3.8) is 0 Å². The van der Waals surface area contributed by atoms with E-state index in [9.17, 15) is 9.90 Å². The molecule has 47 heavy (non-hydrogen) atoms. The second kappa shape index (κ2) is 17.9. The van der Waals surface area contributed by atoms with E-state index in [1.165, 1.54) is 177 Å². The zero-order valence-corrected chi connectivity index (χ0v) is 29.6. The molecule has 1 N–H and O–H groups in total. The van der Waals surface area contributed by atoms with E-state index in [-0.39, 0.29) is 0 Å². The Labute approximate surface area is 286 Å². The van der Waals surface area contributed by atoms with Crippen LogP contribution in [0.1, 0.15) is 229 Å². The van der Waals surface area contributed by atoms with Crippen molar-refractivity contribution < 1.29 is 14.6 Å². The van der Waals surface area contributed by atoms with Gasteiger partial charge in [0, 0.05) is 17.5 Å². The highest BCUT2D eigenvalue weighted by atomic mass is 16.5. The van der Waals surface area contributed by atoms with Gasteiger partial charge >= 0.3 is 5.97 Å². The van der Waals surface area contributed by atoms with E-state index in [0.29, 0.717) is 29.7 Å². The fraction of sp³-hybridized carbons (Fsp3) is 0.705. The maximum Gasteiger partial charge on any atom is 0.336 e. The van der Waals surface area contributed by atoms with Gasteiger partial charge in [-0.15, -0.1) is 0 Å². The largest absolute Gasteiger partial charge is 0.478 e. The van der Waals surface area contributed by atoms with Crippen molar-refractivity contribution in [2.24, 2.45) is 0 Å². The van der Waals surface area contributed by atoms with E-state index < -0.39 is 5.97 Å². The molecule has 258 valence electrons. The highest BCUT2D eigenvalue weighted by Crippen LogP contribution is 2.54. The maximum absolute atomic E-state index is 13.8. The van der Waals surface area contributed by atoms with E-state index >= 15 is 0 Å². The van der Waals surface area contributed by atoms with Gasteiger partial charge in [-0.3, -0.25) is 0 Å². The molecule has 2 aromatic rings. The Morgan fingerprint density at radius 2 is 0.894 bits per heavy atom. The normalized spacial score (nSPS) is 22.3. The van der Waals surface area contributed by atoms with Crippen LogP contribution in [-0.4, -0.2) is 11.1 Å². The minimum atomic E-state index is -0.713. The van der Waals surface area contributed by atoms with E-state index in [1.807, 2.05) is 0 Å². The highest BCUT2D eigenvalue weighted by molar-refractivity contribution is 5.94. The first-order chi connectivity index (χ1) is 23.2. The fourth-order valence-electron chi connectivity index (χ4n) is 9.98. The number of rotatable bonds is 4. The van der Waals surface area contributed by atoms with Gasteiger partial charge < -0.3 is 9.84 Å². The number of hydrogen-bond acceptors (Lipinski definition) is 2. The molecule has 0 bridgehead atoms. The lowest BCUT2D eigenvalue weighted by Gasteiger charge is -2.37. The van der Waals surface area contributed by atoms with Gasteiger partial charge in [0.2, 0.25) is 0 Å². The number of carbonyl (C=O) groups is 1. The molecular formula is C44H64O3. The van der Waals surface area contributed by atoms with Gasteiger partial charge in [-0.05, 0) is 79.0 Å². The lowest BCUT2D eigenvalue weighted by atomic mass is 9.69. The summed E-state index contributed by atoms with van der Waals surface area (Å²) in [5.41, 5.74) is 7.04. The van der Waals surface area contributed by atoms with Crippen LogP contribution >= 0.6 is 0 Å². The number of carboxylic acids is 1. The van der Waals surface area contributed by atoms with Crippen LogP contribution in [0.5, 0.6) is 11.5 Å². The van der Waals surface area contributed by atoms with Gasteiger partial charge in [0.25, 0.3) is 0 Å². The Morgan fingerprint density at radius 1 is 0.511 bits per heavy atom. The van der Waals surface area contributed by atoms with E-state index in [4.69, 9.17) is 4.74 Å². The first-order valence-electron chi connectivity index (χ1n) is 20.4. The van der Waals surface area contributed by atoms with Crippen molar-refractivity contribution in [2.75, 3.05) is 0 Å². The van der Waals surface area contributed by atoms with Crippen molar-refractivity contribution in [3.05, 3.63) is 57.6 Å². The Balaban J connectivity index is 1.59. The number of aromatic carboxylic acids is 1. The third-order valence-electron chi connectivity index (χ3n) is 12.5. The summed E-state index contributed by atoms with van der Waals surface area (Å²) < 4.78 is 7.07. The number of ether oxygens (including phenoxy) is 1. The van der Waals surface area contributed by atoms with Gasteiger partial charge in [-0.25, -0.2) is 4.79 Å².